The number of aliphatic hydroxyl groups is 1. The smallest absolute Gasteiger partial charge is 0.179 e. The van der Waals surface area contributed by atoms with Crippen LogP contribution >= 0.6 is 0 Å². The zero-order valence-electron chi connectivity index (χ0n) is 15.7. The molecule has 1 atom stereocenters. The fraction of sp³-hybridized carbons (Fsp3) is 0.348. The Morgan fingerprint density at radius 1 is 1.15 bits per heavy atom. The highest BCUT2D eigenvalue weighted by Gasteiger charge is 2.26. The number of nitrogens with one attached hydrogen (secondary N) is 1. The number of hydrogen-bond acceptors (Lipinski definition) is 3. The maximum Gasteiger partial charge on any atom is 0.179 e. The summed E-state index contributed by atoms with van der Waals surface area (Å²) < 4.78 is 2.04. The van der Waals surface area contributed by atoms with Crippen LogP contribution in [-0.2, 0) is 19.5 Å². The second-order valence-electron chi connectivity index (χ2n) is 7.51. The third-order valence-electron chi connectivity index (χ3n) is 5.36. The van der Waals surface area contributed by atoms with Crippen molar-refractivity contribution in [1.82, 2.24) is 9.88 Å². The van der Waals surface area contributed by atoms with Crippen molar-refractivity contribution in [3.63, 3.8) is 0 Å². The molecule has 0 radical (unpaired) electrons. The fourth-order valence-electron chi connectivity index (χ4n) is 4.10. The molecule has 1 unspecified atom stereocenters. The van der Waals surface area contributed by atoms with E-state index in [0.29, 0.717) is 19.5 Å². The summed E-state index contributed by atoms with van der Waals surface area (Å²) in [5, 5.41) is 15.1. The molecule has 0 saturated carbocycles. The lowest BCUT2D eigenvalue weighted by Crippen LogP contribution is -2.31. The van der Waals surface area contributed by atoms with E-state index < -0.39 is 6.10 Å². The molecule has 0 bridgehead atoms. The minimum Gasteiger partial charge on any atom is -0.390 e. The summed E-state index contributed by atoms with van der Waals surface area (Å²) in [6.45, 7) is 3.72. The van der Waals surface area contributed by atoms with Crippen molar-refractivity contribution in [3.05, 3.63) is 70.9 Å². The van der Waals surface area contributed by atoms with Crippen molar-refractivity contribution >= 4 is 16.7 Å². The van der Waals surface area contributed by atoms with Gasteiger partial charge in [-0.05, 0) is 43.0 Å². The maximum absolute atomic E-state index is 12.6. The van der Waals surface area contributed by atoms with Gasteiger partial charge in [0.25, 0.3) is 0 Å². The molecule has 0 aliphatic heterocycles. The number of aryl methyl sites for hydroxylation is 2. The molecule has 2 aromatic carbocycles. The molecule has 0 spiro atoms. The minimum atomic E-state index is -0.551. The molecule has 27 heavy (non-hydrogen) atoms. The van der Waals surface area contributed by atoms with Gasteiger partial charge in [-0.2, -0.15) is 0 Å². The molecule has 0 fully saturated rings. The van der Waals surface area contributed by atoms with E-state index in [1.807, 2.05) is 22.8 Å². The first-order chi connectivity index (χ1) is 13.1. The molecule has 1 aliphatic carbocycles. The molecule has 4 nitrogen and oxygen atoms in total. The van der Waals surface area contributed by atoms with E-state index in [2.05, 4.69) is 42.6 Å². The average Bonchev–Trinajstić information content (AvgIpc) is 2.97. The third-order valence-corrected chi connectivity index (χ3v) is 5.36. The van der Waals surface area contributed by atoms with Crippen molar-refractivity contribution in [2.75, 3.05) is 6.54 Å². The van der Waals surface area contributed by atoms with Gasteiger partial charge in [-0.15, -0.1) is 0 Å². The van der Waals surface area contributed by atoms with Crippen molar-refractivity contribution in [3.8, 4) is 0 Å². The number of aliphatic hydroxyl groups excluding tert-OH is 1. The van der Waals surface area contributed by atoms with Crippen molar-refractivity contribution in [2.45, 2.75) is 45.4 Å². The first kappa shape index (κ1) is 18.0. The van der Waals surface area contributed by atoms with Gasteiger partial charge in [0.05, 0.1) is 18.3 Å². The monoisotopic (exact) mass is 362 g/mol. The summed E-state index contributed by atoms with van der Waals surface area (Å²) in [4.78, 5) is 12.6. The largest absolute Gasteiger partial charge is 0.390 e. The van der Waals surface area contributed by atoms with Crippen LogP contribution in [0, 0.1) is 6.92 Å². The fourth-order valence-corrected chi connectivity index (χ4v) is 4.10. The van der Waals surface area contributed by atoms with E-state index in [-0.39, 0.29) is 5.78 Å². The molecule has 2 N–H and O–H groups in total. The van der Waals surface area contributed by atoms with Gasteiger partial charge in [0.1, 0.15) is 0 Å². The first-order valence-corrected chi connectivity index (χ1v) is 9.71. The van der Waals surface area contributed by atoms with Crippen molar-refractivity contribution < 1.29 is 9.90 Å². The van der Waals surface area contributed by atoms with Crippen LogP contribution in [0.25, 0.3) is 10.9 Å². The van der Waals surface area contributed by atoms with Crippen LogP contribution in [0.4, 0.5) is 0 Å². The number of benzene rings is 2. The highest BCUT2D eigenvalue weighted by molar-refractivity contribution is 6.04. The Labute approximate surface area is 159 Å². The van der Waals surface area contributed by atoms with Gasteiger partial charge in [0.15, 0.2) is 5.78 Å². The normalized spacial score (nSPS) is 15.1. The molecular formula is C23H26N2O2. The van der Waals surface area contributed by atoms with Gasteiger partial charge in [-0.3, -0.25) is 4.79 Å². The topological polar surface area (TPSA) is 54.3 Å². The van der Waals surface area contributed by atoms with Crippen LogP contribution in [0.5, 0.6) is 0 Å². The SMILES string of the molecule is Cc1ccc2c(c1)c1c(n2CC(O)CNCc2ccccc2)C(=O)CCC1. The molecular weight excluding hydrogens is 336 g/mol. The number of ketones is 1. The van der Waals surface area contributed by atoms with Crippen LogP contribution in [0.2, 0.25) is 0 Å². The maximum atomic E-state index is 12.6. The summed E-state index contributed by atoms with van der Waals surface area (Å²) in [6, 6.07) is 16.5. The van der Waals surface area contributed by atoms with Gasteiger partial charge in [-0.25, -0.2) is 0 Å². The minimum absolute atomic E-state index is 0.203. The molecule has 4 heteroatoms. The number of Topliss-reactive ketones (excluding diaryl/α,β-unsaturated/α-hetero) is 1. The lowest BCUT2D eigenvalue weighted by Gasteiger charge is -2.18. The molecule has 0 amide bonds. The van der Waals surface area contributed by atoms with E-state index in [0.717, 1.165) is 36.2 Å². The summed E-state index contributed by atoms with van der Waals surface area (Å²) in [7, 11) is 0. The quantitative estimate of drug-likeness (QED) is 0.704. The number of aromatic nitrogens is 1. The Morgan fingerprint density at radius 3 is 2.78 bits per heavy atom. The second-order valence-corrected chi connectivity index (χ2v) is 7.51. The first-order valence-electron chi connectivity index (χ1n) is 9.71. The number of fused-ring (bicyclic) bond motifs is 3. The highest BCUT2D eigenvalue weighted by atomic mass is 16.3. The average molecular weight is 362 g/mol. The van der Waals surface area contributed by atoms with E-state index in [1.165, 1.54) is 16.5 Å². The Balaban J connectivity index is 1.54. The molecule has 1 aromatic heterocycles. The Morgan fingerprint density at radius 2 is 1.96 bits per heavy atom. The predicted octanol–water partition coefficient (Wildman–Crippen LogP) is 3.62. The lowest BCUT2D eigenvalue weighted by molar-refractivity contribution is 0.0956. The van der Waals surface area contributed by atoms with E-state index in [1.54, 1.807) is 0 Å². The van der Waals surface area contributed by atoms with Gasteiger partial charge < -0.3 is 15.0 Å². The van der Waals surface area contributed by atoms with E-state index in [9.17, 15) is 9.90 Å². The summed E-state index contributed by atoms with van der Waals surface area (Å²) in [5.41, 5.74) is 5.42. The predicted molar refractivity (Wildman–Crippen MR) is 108 cm³/mol. The van der Waals surface area contributed by atoms with Crippen LogP contribution in [0.1, 0.15) is 40.0 Å². The van der Waals surface area contributed by atoms with Gasteiger partial charge in [-0.1, -0.05) is 42.0 Å². The second kappa shape index (κ2) is 7.67. The standard InChI is InChI=1S/C23H26N2O2/c1-16-10-11-21-20(12-16)19-8-5-9-22(27)23(19)25(21)15-18(26)14-24-13-17-6-3-2-4-7-17/h2-4,6-7,10-12,18,24,26H,5,8-9,13-15H2,1H3. The summed E-state index contributed by atoms with van der Waals surface area (Å²) in [5.74, 6) is 0.203. The van der Waals surface area contributed by atoms with Gasteiger partial charge in [0, 0.05) is 30.4 Å². The van der Waals surface area contributed by atoms with E-state index >= 15 is 0 Å². The number of rotatable bonds is 6. The number of nitrogens with zero attached hydrogens (tertiary/aromatic N) is 1. The van der Waals surface area contributed by atoms with Crippen LogP contribution in [0.15, 0.2) is 48.5 Å². The molecule has 1 heterocycles. The van der Waals surface area contributed by atoms with Gasteiger partial charge in [0.2, 0.25) is 0 Å². The van der Waals surface area contributed by atoms with Crippen LogP contribution in [0.3, 0.4) is 0 Å². The number of hydrogen-bond donors (Lipinski definition) is 2. The lowest BCUT2D eigenvalue weighted by atomic mass is 9.94. The molecule has 1 aliphatic rings. The van der Waals surface area contributed by atoms with Crippen molar-refractivity contribution in [1.29, 1.82) is 0 Å². The van der Waals surface area contributed by atoms with Crippen molar-refractivity contribution in [2.24, 2.45) is 0 Å². The van der Waals surface area contributed by atoms with Gasteiger partial charge >= 0.3 is 0 Å². The zero-order chi connectivity index (χ0) is 18.8. The Kier molecular flexibility index (Phi) is 5.10. The Bertz CT molecular complexity index is 959. The summed E-state index contributed by atoms with van der Waals surface area (Å²) in [6.07, 6.45) is 1.91. The highest BCUT2D eigenvalue weighted by Crippen LogP contribution is 2.33. The molecule has 0 saturated heterocycles. The molecule has 140 valence electrons. The summed E-state index contributed by atoms with van der Waals surface area (Å²) >= 11 is 0. The molecule has 3 aromatic rings. The third kappa shape index (κ3) is 3.68. The van der Waals surface area contributed by atoms with Crippen LogP contribution < -0.4 is 5.32 Å². The van der Waals surface area contributed by atoms with Crippen LogP contribution in [-0.4, -0.2) is 28.1 Å². The molecule has 4 rings (SSSR count). The van der Waals surface area contributed by atoms with E-state index in [4.69, 9.17) is 0 Å². The number of carbonyl (C=O) groups excluding carboxylic acids is 1. The number of carbonyl (C=O) groups is 1. The zero-order valence-corrected chi connectivity index (χ0v) is 15.7. The Hall–Kier alpha value is -2.43.